The van der Waals surface area contributed by atoms with E-state index in [0.29, 0.717) is 10.7 Å². The third-order valence-corrected chi connectivity index (χ3v) is 2.59. The average molecular weight is 219 g/mol. The first-order valence-electron chi connectivity index (χ1n) is 4.69. The second kappa shape index (κ2) is 4.32. The molecule has 2 N–H and O–H groups in total. The number of rotatable bonds is 2. The normalized spacial score (nSPS) is 10.2. The minimum Gasteiger partial charge on any atom is -0.397 e. The van der Waals surface area contributed by atoms with Crippen LogP contribution in [0.2, 0.25) is 5.02 Å². The molecule has 76 valence electrons. The molecule has 0 fully saturated rings. The van der Waals surface area contributed by atoms with Gasteiger partial charge in [0.2, 0.25) is 0 Å². The van der Waals surface area contributed by atoms with Gasteiger partial charge in [0.15, 0.2) is 0 Å². The molecular formula is C12H11ClN2. The van der Waals surface area contributed by atoms with Crippen LogP contribution in [0, 0.1) is 0 Å². The average Bonchev–Trinajstić information content (AvgIpc) is 2.26. The van der Waals surface area contributed by atoms with Crippen molar-refractivity contribution in [1.29, 1.82) is 0 Å². The lowest BCUT2D eigenvalue weighted by atomic mass is 10.1. The van der Waals surface area contributed by atoms with Gasteiger partial charge in [0.05, 0.1) is 10.7 Å². The minimum absolute atomic E-state index is 0.608. The number of benzene rings is 1. The number of nitrogen functional groups attached to an aromatic ring is 1. The van der Waals surface area contributed by atoms with Gasteiger partial charge in [0, 0.05) is 18.8 Å². The Labute approximate surface area is 93.7 Å². The molecule has 0 spiro atoms. The topological polar surface area (TPSA) is 38.9 Å². The number of aromatic nitrogens is 1. The summed E-state index contributed by atoms with van der Waals surface area (Å²) in [6.45, 7) is 0. The zero-order chi connectivity index (χ0) is 10.7. The van der Waals surface area contributed by atoms with Crippen LogP contribution >= 0.6 is 11.6 Å². The van der Waals surface area contributed by atoms with E-state index in [9.17, 15) is 0 Å². The molecule has 1 heterocycles. The summed E-state index contributed by atoms with van der Waals surface area (Å²) in [6.07, 6.45) is 4.35. The minimum atomic E-state index is 0.608. The monoisotopic (exact) mass is 218 g/mol. The van der Waals surface area contributed by atoms with E-state index < -0.39 is 0 Å². The van der Waals surface area contributed by atoms with Crippen molar-refractivity contribution in [2.45, 2.75) is 6.42 Å². The van der Waals surface area contributed by atoms with Crippen LogP contribution in [0.1, 0.15) is 11.1 Å². The van der Waals surface area contributed by atoms with Gasteiger partial charge in [-0.25, -0.2) is 0 Å². The zero-order valence-electron chi connectivity index (χ0n) is 8.15. The summed E-state index contributed by atoms with van der Waals surface area (Å²) in [7, 11) is 0. The van der Waals surface area contributed by atoms with E-state index in [-0.39, 0.29) is 0 Å². The number of nitrogens with two attached hydrogens (primary N) is 1. The number of anilines is 1. The van der Waals surface area contributed by atoms with Gasteiger partial charge in [-0.2, -0.15) is 0 Å². The Kier molecular flexibility index (Phi) is 2.88. The van der Waals surface area contributed by atoms with Crippen molar-refractivity contribution in [3.8, 4) is 0 Å². The standard InChI is InChI=1S/C12H11ClN2/c13-11-5-1-4-10(12(11)14)7-9-3-2-6-15-8-9/h1-6,8H,7,14H2. The van der Waals surface area contributed by atoms with Crippen LogP contribution in [0.25, 0.3) is 0 Å². The van der Waals surface area contributed by atoms with Gasteiger partial charge in [-0.05, 0) is 23.3 Å². The number of para-hydroxylation sites is 1. The molecule has 3 heteroatoms. The van der Waals surface area contributed by atoms with E-state index >= 15 is 0 Å². The molecular weight excluding hydrogens is 208 g/mol. The van der Waals surface area contributed by atoms with Crippen molar-refractivity contribution in [1.82, 2.24) is 4.98 Å². The van der Waals surface area contributed by atoms with Crippen LogP contribution in [-0.2, 0) is 6.42 Å². The summed E-state index contributed by atoms with van der Waals surface area (Å²) in [4.78, 5) is 4.06. The van der Waals surface area contributed by atoms with E-state index in [1.807, 2.05) is 30.5 Å². The van der Waals surface area contributed by atoms with Crippen LogP contribution in [0.5, 0.6) is 0 Å². The predicted octanol–water partition coefficient (Wildman–Crippen LogP) is 2.91. The molecule has 1 aromatic carbocycles. The Hall–Kier alpha value is -1.54. The quantitative estimate of drug-likeness (QED) is 0.788. The summed E-state index contributed by atoms with van der Waals surface area (Å²) >= 11 is 5.94. The molecule has 0 radical (unpaired) electrons. The van der Waals surface area contributed by atoms with Gasteiger partial charge in [0.25, 0.3) is 0 Å². The highest BCUT2D eigenvalue weighted by molar-refractivity contribution is 6.33. The first-order valence-corrected chi connectivity index (χ1v) is 5.07. The number of nitrogens with zero attached hydrogens (tertiary/aromatic N) is 1. The molecule has 15 heavy (non-hydrogen) atoms. The maximum Gasteiger partial charge on any atom is 0.0638 e. The number of hydrogen-bond acceptors (Lipinski definition) is 2. The van der Waals surface area contributed by atoms with Gasteiger partial charge in [-0.3, -0.25) is 4.98 Å². The third-order valence-electron chi connectivity index (χ3n) is 2.26. The summed E-state index contributed by atoms with van der Waals surface area (Å²) in [5, 5.41) is 0.608. The van der Waals surface area contributed by atoms with Crippen molar-refractivity contribution in [3.63, 3.8) is 0 Å². The molecule has 0 saturated carbocycles. The van der Waals surface area contributed by atoms with Crippen molar-refractivity contribution >= 4 is 17.3 Å². The smallest absolute Gasteiger partial charge is 0.0638 e. The van der Waals surface area contributed by atoms with E-state index in [1.165, 1.54) is 0 Å². The number of halogens is 1. The highest BCUT2D eigenvalue weighted by Crippen LogP contribution is 2.24. The molecule has 0 aliphatic rings. The fraction of sp³-hybridized carbons (Fsp3) is 0.0833. The Morgan fingerprint density at radius 3 is 2.80 bits per heavy atom. The fourth-order valence-corrected chi connectivity index (χ4v) is 1.65. The summed E-state index contributed by atoms with van der Waals surface area (Å²) < 4.78 is 0. The third kappa shape index (κ3) is 2.28. The van der Waals surface area contributed by atoms with Crippen LogP contribution in [0.3, 0.4) is 0 Å². The van der Waals surface area contributed by atoms with Gasteiger partial charge in [-0.15, -0.1) is 0 Å². The number of pyridine rings is 1. The predicted molar refractivity (Wildman–Crippen MR) is 62.9 cm³/mol. The summed E-state index contributed by atoms with van der Waals surface area (Å²) in [6, 6.07) is 9.62. The first kappa shape index (κ1) is 9.99. The van der Waals surface area contributed by atoms with Gasteiger partial charge in [0.1, 0.15) is 0 Å². The SMILES string of the molecule is Nc1c(Cl)cccc1Cc1cccnc1. The largest absolute Gasteiger partial charge is 0.397 e. The van der Waals surface area contributed by atoms with E-state index in [4.69, 9.17) is 17.3 Å². The van der Waals surface area contributed by atoms with Crippen molar-refractivity contribution in [2.24, 2.45) is 0 Å². The van der Waals surface area contributed by atoms with Crippen molar-refractivity contribution in [3.05, 3.63) is 58.9 Å². The zero-order valence-corrected chi connectivity index (χ0v) is 8.91. The molecule has 1 aromatic heterocycles. The molecule has 0 bridgehead atoms. The summed E-state index contributed by atoms with van der Waals surface area (Å²) in [5.74, 6) is 0. The second-order valence-corrected chi connectivity index (χ2v) is 3.76. The second-order valence-electron chi connectivity index (χ2n) is 3.35. The van der Waals surface area contributed by atoms with E-state index in [0.717, 1.165) is 17.5 Å². The Morgan fingerprint density at radius 1 is 1.20 bits per heavy atom. The number of hydrogen-bond donors (Lipinski definition) is 1. The highest BCUT2D eigenvalue weighted by Gasteiger charge is 2.03. The Bertz CT molecular complexity index is 454. The van der Waals surface area contributed by atoms with Crippen LogP contribution in [0.4, 0.5) is 5.69 Å². The molecule has 0 atom stereocenters. The molecule has 0 aliphatic heterocycles. The lowest BCUT2D eigenvalue weighted by Crippen LogP contribution is -1.96. The molecule has 2 aromatic rings. The fourth-order valence-electron chi connectivity index (χ4n) is 1.46. The van der Waals surface area contributed by atoms with Crippen LogP contribution in [0.15, 0.2) is 42.7 Å². The lowest BCUT2D eigenvalue weighted by Gasteiger charge is -2.06. The summed E-state index contributed by atoms with van der Waals surface area (Å²) in [5.41, 5.74) is 8.70. The van der Waals surface area contributed by atoms with Crippen LogP contribution in [-0.4, -0.2) is 4.98 Å². The molecule has 0 saturated heterocycles. The van der Waals surface area contributed by atoms with Crippen LogP contribution < -0.4 is 5.73 Å². The van der Waals surface area contributed by atoms with Gasteiger partial charge >= 0.3 is 0 Å². The maximum atomic E-state index is 5.94. The first-order chi connectivity index (χ1) is 7.27. The maximum absolute atomic E-state index is 5.94. The van der Waals surface area contributed by atoms with Crippen molar-refractivity contribution < 1.29 is 0 Å². The molecule has 0 amide bonds. The lowest BCUT2D eigenvalue weighted by molar-refractivity contribution is 1.15. The molecule has 2 rings (SSSR count). The van der Waals surface area contributed by atoms with Crippen molar-refractivity contribution in [2.75, 3.05) is 5.73 Å². The van der Waals surface area contributed by atoms with E-state index in [2.05, 4.69) is 4.98 Å². The van der Waals surface area contributed by atoms with E-state index in [1.54, 1.807) is 12.3 Å². The Balaban J connectivity index is 2.29. The highest BCUT2D eigenvalue weighted by atomic mass is 35.5. The van der Waals surface area contributed by atoms with Gasteiger partial charge in [-0.1, -0.05) is 29.8 Å². The van der Waals surface area contributed by atoms with Gasteiger partial charge < -0.3 is 5.73 Å². The molecule has 0 unspecified atom stereocenters. The molecule has 0 aliphatic carbocycles. The molecule has 2 nitrogen and oxygen atoms in total. The Morgan fingerprint density at radius 2 is 2.07 bits per heavy atom.